The van der Waals surface area contributed by atoms with Crippen LogP contribution in [0, 0.1) is 6.92 Å². The summed E-state index contributed by atoms with van der Waals surface area (Å²) in [5.41, 5.74) is 5.58. The van der Waals surface area contributed by atoms with Gasteiger partial charge in [0.2, 0.25) is 0 Å². The van der Waals surface area contributed by atoms with Crippen LogP contribution < -0.4 is 11.3 Å². The maximum absolute atomic E-state index is 13.5. The molecular weight excluding hydrogens is 520 g/mol. The van der Waals surface area contributed by atoms with Crippen LogP contribution in [0.1, 0.15) is 62.2 Å². The van der Waals surface area contributed by atoms with Gasteiger partial charge in [-0.25, -0.2) is 9.78 Å². The Hall–Kier alpha value is -3.26. The highest BCUT2D eigenvalue weighted by atomic mass is 79.9. The minimum absolute atomic E-state index is 0. The van der Waals surface area contributed by atoms with Gasteiger partial charge in [-0.15, -0.1) is 17.0 Å². The van der Waals surface area contributed by atoms with E-state index >= 15 is 0 Å². The van der Waals surface area contributed by atoms with E-state index in [0.29, 0.717) is 18.8 Å². The Balaban J connectivity index is 0.00000361. The van der Waals surface area contributed by atoms with Crippen LogP contribution >= 0.6 is 17.0 Å². The summed E-state index contributed by atoms with van der Waals surface area (Å²) in [5, 5.41) is 3.84. The number of aromatic amines is 1. The molecule has 0 fully saturated rings. The van der Waals surface area contributed by atoms with E-state index in [0.717, 1.165) is 71.4 Å². The number of nitrogens with one attached hydrogen (secondary N) is 1. The second-order valence-corrected chi connectivity index (χ2v) is 8.86. The van der Waals surface area contributed by atoms with Gasteiger partial charge in [-0.2, -0.15) is 0 Å². The summed E-state index contributed by atoms with van der Waals surface area (Å²) in [7, 11) is 0. The molecule has 0 unspecified atom stereocenters. The van der Waals surface area contributed by atoms with E-state index in [1.807, 2.05) is 47.9 Å². The molecule has 0 saturated heterocycles. The minimum atomic E-state index is -0.583. The Kier molecular flexibility index (Phi) is 9.58. The normalized spacial score (nSPS) is 10.9. The molecule has 2 aromatic carbocycles. The van der Waals surface area contributed by atoms with E-state index in [9.17, 15) is 9.59 Å². The molecule has 2 heterocycles. The predicted molar refractivity (Wildman–Crippen MR) is 148 cm³/mol. The molecule has 2 aromatic heterocycles. The molecule has 1 N–H and O–H groups in total. The zero-order valence-electron chi connectivity index (χ0n) is 21.0. The largest absolute Gasteiger partial charge is 0.439 e. The zero-order valence-corrected chi connectivity index (χ0v) is 22.8. The summed E-state index contributed by atoms with van der Waals surface area (Å²) in [6, 6.07) is 15.9. The first kappa shape index (κ1) is 27.3. The van der Waals surface area contributed by atoms with Crippen molar-refractivity contribution >= 4 is 17.0 Å². The van der Waals surface area contributed by atoms with E-state index in [1.165, 1.54) is 0 Å². The molecular formula is C28H33BrN4O3. The lowest BCUT2D eigenvalue weighted by Gasteiger charge is -2.15. The summed E-state index contributed by atoms with van der Waals surface area (Å²) in [5.74, 6) is 0.616. The lowest BCUT2D eigenvalue weighted by Crippen LogP contribution is -2.29. The molecule has 0 amide bonds. The minimum Gasteiger partial charge on any atom is -0.297 e. The van der Waals surface area contributed by atoms with E-state index in [-0.39, 0.29) is 22.5 Å². The first-order chi connectivity index (χ1) is 17.0. The van der Waals surface area contributed by atoms with Crippen molar-refractivity contribution in [1.29, 1.82) is 0 Å². The molecule has 0 aliphatic heterocycles. The molecule has 8 heteroatoms. The van der Waals surface area contributed by atoms with Gasteiger partial charge in [0, 0.05) is 24.1 Å². The van der Waals surface area contributed by atoms with Gasteiger partial charge in [0.25, 0.3) is 5.56 Å². The van der Waals surface area contributed by atoms with Gasteiger partial charge < -0.3 is 0 Å². The van der Waals surface area contributed by atoms with Gasteiger partial charge in [0.05, 0.1) is 5.69 Å². The molecule has 4 rings (SSSR count). The van der Waals surface area contributed by atoms with Crippen molar-refractivity contribution in [2.24, 2.45) is 0 Å². The van der Waals surface area contributed by atoms with E-state index in [4.69, 9.17) is 4.98 Å². The standard InChI is InChI=1S/C28H32N4O3.BrH/c1-4-6-12-25-24(27(33)32(17-7-5-2)19(3)29-25)18-20-13-15-21(16-14-20)22-10-8-9-11-23(22)26-30-28(34)35-31-26;/h8-11,13-16H,4-7,12,17-18H2,1-3H3,(H,30,31,34);1H. The maximum Gasteiger partial charge on any atom is 0.439 e. The molecule has 190 valence electrons. The van der Waals surface area contributed by atoms with Crippen LogP contribution in [-0.2, 0) is 19.4 Å². The average molecular weight is 554 g/mol. The third kappa shape index (κ3) is 6.10. The summed E-state index contributed by atoms with van der Waals surface area (Å²) >= 11 is 0. The summed E-state index contributed by atoms with van der Waals surface area (Å²) < 4.78 is 6.52. The van der Waals surface area contributed by atoms with Gasteiger partial charge in [-0.05, 0) is 42.9 Å². The third-order valence-corrected chi connectivity index (χ3v) is 6.31. The van der Waals surface area contributed by atoms with E-state index < -0.39 is 5.76 Å². The van der Waals surface area contributed by atoms with Crippen LogP contribution in [0.5, 0.6) is 0 Å². The number of benzene rings is 2. The Morgan fingerprint density at radius 1 is 0.944 bits per heavy atom. The lowest BCUT2D eigenvalue weighted by molar-refractivity contribution is 0.388. The number of rotatable bonds is 10. The van der Waals surface area contributed by atoms with E-state index in [2.05, 4.69) is 40.6 Å². The Morgan fingerprint density at radius 3 is 2.28 bits per heavy atom. The van der Waals surface area contributed by atoms with Crippen molar-refractivity contribution in [2.45, 2.75) is 65.8 Å². The van der Waals surface area contributed by atoms with Crippen molar-refractivity contribution < 1.29 is 4.52 Å². The number of nitrogens with zero attached hydrogens (tertiary/aromatic N) is 3. The highest BCUT2D eigenvalue weighted by molar-refractivity contribution is 8.93. The monoisotopic (exact) mass is 552 g/mol. The fourth-order valence-corrected chi connectivity index (χ4v) is 4.36. The highest BCUT2D eigenvalue weighted by Gasteiger charge is 2.16. The first-order valence-electron chi connectivity index (χ1n) is 12.4. The van der Waals surface area contributed by atoms with E-state index in [1.54, 1.807) is 0 Å². The van der Waals surface area contributed by atoms with Crippen LogP contribution in [0.15, 0.2) is 62.6 Å². The second-order valence-electron chi connectivity index (χ2n) is 8.86. The molecule has 0 saturated carbocycles. The predicted octanol–water partition coefficient (Wildman–Crippen LogP) is 5.87. The molecule has 0 atom stereocenters. The van der Waals surface area contributed by atoms with Gasteiger partial charge >= 0.3 is 5.76 Å². The number of halogens is 1. The molecule has 0 bridgehead atoms. The SMILES string of the molecule is Br.CCCCc1nc(C)n(CCCC)c(=O)c1Cc1ccc(-c2ccccc2-c2noc(=O)[nH]2)cc1. The summed E-state index contributed by atoms with van der Waals surface area (Å²) in [6.45, 7) is 6.92. The van der Waals surface area contributed by atoms with Crippen LogP contribution in [0.4, 0.5) is 0 Å². The molecule has 7 nitrogen and oxygen atoms in total. The zero-order chi connectivity index (χ0) is 24.8. The smallest absolute Gasteiger partial charge is 0.297 e. The lowest BCUT2D eigenvalue weighted by atomic mass is 9.96. The fraction of sp³-hybridized carbons (Fsp3) is 0.357. The molecule has 36 heavy (non-hydrogen) atoms. The molecule has 0 aliphatic rings. The number of aryl methyl sites for hydroxylation is 2. The Morgan fingerprint density at radius 2 is 1.64 bits per heavy atom. The molecule has 0 aliphatic carbocycles. The number of H-pyrrole nitrogens is 1. The van der Waals surface area contributed by atoms with Crippen LogP contribution in [-0.4, -0.2) is 19.7 Å². The Labute approximate surface area is 221 Å². The van der Waals surface area contributed by atoms with Crippen molar-refractivity contribution in [2.75, 3.05) is 0 Å². The number of hydrogen-bond donors (Lipinski definition) is 1. The van der Waals surface area contributed by atoms with Gasteiger partial charge in [0.1, 0.15) is 5.82 Å². The number of unbranched alkanes of at least 4 members (excludes halogenated alkanes) is 2. The third-order valence-electron chi connectivity index (χ3n) is 6.31. The fourth-order valence-electron chi connectivity index (χ4n) is 4.36. The molecule has 0 spiro atoms. The number of hydrogen-bond acceptors (Lipinski definition) is 5. The molecule has 4 aromatic rings. The van der Waals surface area contributed by atoms with Gasteiger partial charge in [-0.1, -0.05) is 80.4 Å². The number of aromatic nitrogens is 4. The van der Waals surface area contributed by atoms with Crippen molar-refractivity contribution in [3.8, 4) is 22.5 Å². The van der Waals surface area contributed by atoms with Crippen LogP contribution in [0.3, 0.4) is 0 Å². The average Bonchev–Trinajstić information content (AvgIpc) is 3.31. The van der Waals surface area contributed by atoms with Crippen molar-refractivity contribution in [1.82, 2.24) is 19.7 Å². The summed E-state index contributed by atoms with van der Waals surface area (Å²) in [6.07, 6.45) is 5.43. The highest BCUT2D eigenvalue weighted by Crippen LogP contribution is 2.30. The summed E-state index contributed by atoms with van der Waals surface area (Å²) in [4.78, 5) is 32.4. The van der Waals surface area contributed by atoms with Crippen molar-refractivity contribution in [3.63, 3.8) is 0 Å². The van der Waals surface area contributed by atoms with Crippen molar-refractivity contribution in [3.05, 3.63) is 92.1 Å². The second kappa shape index (κ2) is 12.6. The van der Waals surface area contributed by atoms with Gasteiger partial charge in [-0.3, -0.25) is 18.9 Å². The van der Waals surface area contributed by atoms with Crippen LogP contribution in [0.2, 0.25) is 0 Å². The quantitative estimate of drug-likeness (QED) is 0.265. The maximum atomic E-state index is 13.5. The van der Waals surface area contributed by atoms with Crippen LogP contribution in [0.25, 0.3) is 22.5 Å². The van der Waals surface area contributed by atoms with Gasteiger partial charge in [0.15, 0.2) is 5.82 Å². The Bertz CT molecular complexity index is 1400. The molecule has 0 radical (unpaired) electrons. The first-order valence-corrected chi connectivity index (χ1v) is 12.4. The topological polar surface area (TPSA) is 93.8 Å².